The van der Waals surface area contributed by atoms with E-state index < -0.39 is 11.6 Å². The highest BCUT2D eigenvalue weighted by atomic mass is 19.1. The molecule has 4 nitrogen and oxygen atoms in total. The highest BCUT2D eigenvalue weighted by molar-refractivity contribution is 5.79. The van der Waals surface area contributed by atoms with Crippen molar-refractivity contribution < 1.29 is 9.13 Å². The first kappa shape index (κ1) is 8.68. The summed E-state index contributed by atoms with van der Waals surface area (Å²) in [5.41, 5.74) is -0.382. The number of ether oxygens (including phenoxy) is 1. The number of nitrogens with zero attached hydrogens (tertiary/aromatic N) is 1. The van der Waals surface area contributed by atoms with E-state index in [2.05, 4.69) is 4.98 Å². The lowest BCUT2D eigenvalue weighted by Gasteiger charge is -2.01. The van der Waals surface area contributed by atoms with Gasteiger partial charge in [0.15, 0.2) is 0 Å². The molecule has 0 unspecified atom stereocenters. The number of nitrogens with one attached hydrogen (secondary N) is 1. The fourth-order valence-electron chi connectivity index (χ4n) is 1.21. The van der Waals surface area contributed by atoms with Crippen LogP contribution in [0.2, 0.25) is 0 Å². The third kappa shape index (κ3) is 1.32. The average molecular weight is 194 g/mol. The SMILES string of the molecule is COc1ccc2nc(=O)[nH]c(F)c2c1. The van der Waals surface area contributed by atoms with E-state index in [1.54, 1.807) is 6.07 Å². The summed E-state index contributed by atoms with van der Waals surface area (Å²) in [4.78, 5) is 16.4. The number of methoxy groups -OCH3 is 1. The van der Waals surface area contributed by atoms with Gasteiger partial charge in [0, 0.05) is 0 Å². The molecule has 2 aromatic rings. The largest absolute Gasteiger partial charge is 0.497 e. The molecule has 5 heteroatoms. The quantitative estimate of drug-likeness (QED) is 0.691. The van der Waals surface area contributed by atoms with Crippen LogP contribution in [0, 0.1) is 5.95 Å². The van der Waals surface area contributed by atoms with Crippen LogP contribution in [0.15, 0.2) is 23.0 Å². The van der Waals surface area contributed by atoms with Crippen molar-refractivity contribution >= 4 is 10.9 Å². The van der Waals surface area contributed by atoms with Crippen molar-refractivity contribution in [3.63, 3.8) is 0 Å². The minimum atomic E-state index is -0.695. The molecule has 1 aromatic heterocycles. The van der Waals surface area contributed by atoms with Crippen molar-refractivity contribution in [3.8, 4) is 5.75 Å². The lowest BCUT2D eigenvalue weighted by molar-refractivity contribution is 0.415. The summed E-state index contributed by atoms with van der Waals surface area (Å²) in [7, 11) is 1.48. The summed E-state index contributed by atoms with van der Waals surface area (Å²) in [5, 5.41) is 0.240. The molecule has 0 saturated carbocycles. The topological polar surface area (TPSA) is 55.0 Å². The zero-order chi connectivity index (χ0) is 10.1. The molecule has 0 aliphatic heterocycles. The van der Waals surface area contributed by atoms with Gasteiger partial charge in [-0.05, 0) is 18.2 Å². The Labute approximate surface area is 78.4 Å². The molecule has 1 N–H and O–H groups in total. The zero-order valence-corrected chi connectivity index (χ0v) is 7.37. The summed E-state index contributed by atoms with van der Waals surface area (Å²) in [5.74, 6) is -0.177. The van der Waals surface area contributed by atoms with E-state index in [4.69, 9.17) is 4.74 Å². The molecule has 0 atom stereocenters. The molecule has 0 aliphatic rings. The number of hydrogen-bond donors (Lipinski definition) is 1. The van der Waals surface area contributed by atoms with Crippen molar-refractivity contribution in [2.24, 2.45) is 0 Å². The van der Waals surface area contributed by atoms with Gasteiger partial charge in [-0.1, -0.05) is 0 Å². The maximum Gasteiger partial charge on any atom is 0.347 e. The van der Waals surface area contributed by atoms with Gasteiger partial charge in [-0.25, -0.2) is 4.79 Å². The van der Waals surface area contributed by atoms with Crippen LogP contribution in [0.25, 0.3) is 10.9 Å². The van der Waals surface area contributed by atoms with Crippen LogP contribution >= 0.6 is 0 Å². The predicted octanol–water partition coefficient (Wildman–Crippen LogP) is 1.07. The minimum Gasteiger partial charge on any atom is -0.497 e. The van der Waals surface area contributed by atoms with E-state index in [9.17, 15) is 9.18 Å². The number of H-pyrrole nitrogens is 1. The normalized spacial score (nSPS) is 10.4. The monoisotopic (exact) mass is 194 g/mol. The number of aromatic amines is 1. The molecule has 2 rings (SSSR count). The van der Waals surface area contributed by atoms with Gasteiger partial charge in [0.05, 0.1) is 18.0 Å². The summed E-state index contributed by atoms with van der Waals surface area (Å²) in [6.45, 7) is 0. The number of aromatic nitrogens is 2. The first-order valence-corrected chi connectivity index (χ1v) is 3.94. The predicted molar refractivity (Wildman–Crippen MR) is 48.9 cm³/mol. The Hall–Kier alpha value is -1.91. The molecule has 0 radical (unpaired) electrons. The van der Waals surface area contributed by atoms with E-state index in [1.165, 1.54) is 19.2 Å². The van der Waals surface area contributed by atoms with E-state index in [0.717, 1.165) is 0 Å². The van der Waals surface area contributed by atoms with Crippen molar-refractivity contribution in [2.45, 2.75) is 0 Å². The van der Waals surface area contributed by atoms with E-state index in [-0.39, 0.29) is 5.39 Å². The number of fused-ring (bicyclic) bond motifs is 1. The summed E-state index contributed by atoms with van der Waals surface area (Å²) in [6.07, 6.45) is 0. The maximum absolute atomic E-state index is 13.2. The van der Waals surface area contributed by atoms with Gasteiger partial charge in [0.25, 0.3) is 0 Å². The fraction of sp³-hybridized carbons (Fsp3) is 0.111. The zero-order valence-electron chi connectivity index (χ0n) is 7.37. The fourth-order valence-corrected chi connectivity index (χ4v) is 1.21. The standard InChI is InChI=1S/C9H7FN2O2/c1-14-5-2-3-7-6(4-5)8(10)12-9(13)11-7/h2-4H,1H3,(H,11,12,13). The van der Waals surface area contributed by atoms with Crippen LogP contribution in [0.1, 0.15) is 0 Å². The van der Waals surface area contributed by atoms with Crippen LogP contribution in [0.3, 0.4) is 0 Å². The first-order chi connectivity index (χ1) is 6.70. The van der Waals surface area contributed by atoms with Crippen LogP contribution in [-0.4, -0.2) is 17.1 Å². The Morgan fingerprint density at radius 3 is 3.00 bits per heavy atom. The van der Waals surface area contributed by atoms with E-state index in [1.807, 2.05) is 4.98 Å². The number of halogens is 1. The molecule has 14 heavy (non-hydrogen) atoms. The highest BCUT2D eigenvalue weighted by Gasteiger charge is 2.04. The average Bonchev–Trinajstić information content (AvgIpc) is 2.17. The summed E-state index contributed by atoms with van der Waals surface area (Å²) < 4.78 is 18.1. The smallest absolute Gasteiger partial charge is 0.347 e. The Balaban J connectivity index is 2.82. The first-order valence-electron chi connectivity index (χ1n) is 3.94. The van der Waals surface area contributed by atoms with Gasteiger partial charge >= 0.3 is 5.69 Å². The molecule has 0 spiro atoms. The van der Waals surface area contributed by atoms with Gasteiger partial charge in [-0.3, -0.25) is 4.98 Å². The Morgan fingerprint density at radius 1 is 1.50 bits per heavy atom. The second-order valence-electron chi connectivity index (χ2n) is 2.74. The Morgan fingerprint density at radius 2 is 2.29 bits per heavy atom. The summed E-state index contributed by atoms with van der Waals surface area (Å²) >= 11 is 0. The molecular weight excluding hydrogens is 187 g/mol. The van der Waals surface area contributed by atoms with E-state index >= 15 is 0 Å². The molecular formula is C9H7FN2O2. The van der Waals surface area contributed by atoms with Gasteiger partial charge in [0.2, 0.25) is 5.95 Å². The number of benzene rings is 1. The lowest BCUT2D eigenvalue weighted by atomic mass is 10.2. The molecule has 1 aromatic carbocycles. The van der Waals surface area contributed by atoms with Gasteiger partial charge in [-0.2, -0.15) is 9.37 Å². The van der Waals surface area contributed by atoms with Crippen molar-refractivity contribution in [3.05, 3.63) is 34.6 Å². The number of rotatable bonds is 1. The lowest BCUT2D eigenvalue weighted by Crippen LogP contribution is -2.11. The molecule has 0 aliphatic carbocycles. The molecule has 0 fully saturated rings. The number of hydrogen-bond acceptors (Lipinski definition) is 3. The summed E-state index contributed by atoms with van der Waals surface area (Å²) in [6, 6.07) is 4.63. The molecule has 0 saturated heterocycles. The van der Waals surface area contributed by atoms with Crippen molar-refractivity contribution in [2.75, 3.05) is 7.11 Å². The van der Waals surface area contributed by atoms with Crippen LogP contribution in [0.5, 0.6) is 5.75 Å². The highest BCUT2D eigenvalue weighted by Crippen LogP contribution is 2.19. The molecule has 1 heterocycles. The van der Waals surface area contributed by atoms with Gasteiger partial charge in [0.1, 0.15) is 5.75 Å². The minimum absolute atomic E-state index is 0.240. The molecule has 0 bridgehead atoms. The van der Waals surface area contributed by atoms with Crippen molar-refractivity contribution in [1.29, 1.82) is 0 Å². The third-order valence-corrected chi connectivity index (χ3v) is 1.88. The second kappa shape index (κ2) is 3.10. The van der Waals surface area contributed by atoms with Gasteiger partial charge in [-0.15, -0.1) is 0 Å². The Kier molecular flexibility index (Phi) is 1.92. The van der Waals surface area contributed by atoms with Gasteiger partial charge < -0.3 is 4.74 Å². The van der Waals surface area contributed by atoms with Crippen molar-refractivity contribution in [1.82, 2.24) is 9.97 Å². The molecule has 0 amide bonds. The third-order valence-electron chi connectivity index (χ3n) is 1.88. The maximum atomic E-state index is 13.2. The second-order valence-corrected chi connectivity index (χ2v) is 2.74. The van der Waals surface area contributed by atoms with Crippen LogP contribution in [-0.2, 0) is 0 Å². The Bertz CT molecular complexity index is 536. The van der Waals surface area contributed by atoms with Crippen LogP contribution in [0.4, 0.5) is 4.39 Å². The van der Waals surface area contributed by atoms with Crippen LogP contribution < -0.4 is 10.4 Å². The van der Waals surface area contributed by atoms with E-state index in [0.29, 0.717) is 11.3 Å². The molecule has 72 valence electrons.